The van der Waals surface area contributed by atoms with Crippen molar-refractivity contribution in [3.63, 3.8) is 0 Å². The molecule has 0 saturated carbocycles. The summed E-state index contributed by atoms with van der Waals surface area (Å²) in [4.78, 5) is -0.210. The maximum Gasteiger partial charge on any atom is 0.282 e. The molecule has 13 heteroatoms. The van der Waals surface area contributed by atoms with Crippen LogP contribution in [0, 0.1) is 0 Å². The minimum atomic E-state index is -3.94. The van der Waals surface area contributed by atoms with Crippen LogP contribution in [0.5, 0.6) is 0 Å². The van der Waals surface area contributed by atoms with Crippen LogP contribution in [0.1, 0.15) is 13.8 Å². The molecule has 2 unspecified atom stereocenters. The molecule has 2 heterocycles. The second kappa shape index (κ2) is 8.45. The van der Waals surface area contributed by atoms with Crippen LogP contribution in [0.3, 0.4) is 0 Å². The van der Waals surface area contributed by atoms with Gasteiger partial charge in [-0.3, -0.25) is 0 Å². The number of morpholine rings is 1. The molecule has 0 N–H and O–H groups in total. The Kier molecular flexibility index (Phi) is 6.64. The molecule has 3 rings (SSSR count). The summed E-state index contributed by atoms with van der Waals surface area (Å²) in [6.07, 6.45) is 0.579. The van der Waals surface area contributed by atoms with E-state index in [0.29, 0.717) is 0 Å². The Bertz CT molecular complexity index is 1090. The van der Waals surface area contributed by atoms with E-state index < -0.39 is 30.1 Å². The van der Waals surface area contributed by atoms with Gasteiger partial charge >= 0.3 is 0 Å². The average molecular weight is 482 g/mol. The van der Waals surface area contributed by atoms with E-state index in [-0.39, 0.29) is 61.3 Å². The lowest BCUT2D eigenvalue weighted by atomic mass is 10.3. The van der Waals surface area contributed by atoms with Crippen LogP contribution in [-0.2, 0) is 34.8 Å². The van der Waals surface area contributed by atoms with Crippen LogP contribution in [0.2, 0.25) is 0 Å². The van der Waals surface area contributed by atoms with Gasteiger partial charge in [-0.1, -0.05) is 6.07 Å². The van der Waals surface area contributed by atoms with Gasteiger partial charge in [0.15, 0.2) is 9.84 Å². The summed E-state index contributed by atoms with van der Waals surface area (Å²) in [6.45, 7) is 4.15. The van der Waals surface area contributed by atoms with Gasteiger partial charge in [0.2, 0.25) is 10.0 Å². The van der Waals surface area contributed by atoms with Crippen molar-refractivity contribution in [1.82, 2.24) is 12.9 Å². The zero-order valence-electron chi connectivity index (χ0n) is 17.1. The summed E-state index contributed by atoms with van der Waals surface area (Å²) in [5.41, 5.74) is 0. The highest BCUT2D eigenvalue weighted by molar-refractivity contribution is 7.91. The van der Waals surface area contributed by atoms with Gasteiger partial charge in [0.25, 0.3) is 10.2 Å². The number of ether oxygens (including phenoxy) is 1. The molecule has 0 spiro atoms. The van der Waals surface area contributed by atoms with E-state index >= 15 is 0 Å². The van der Waals surface area contributed by atoms with Crippen LogP contribution in [0.25, 0.3) is 0 Å². The number of sulfonamides is 1. The van der Waals surface area contributed by atoms with E-state index in [4.69, 9.17) is 4.74 Å². The fraction of sp³-hybridized carbons (Fsp3) is 0.647. The maximum atomic E-state index is 13.0. The minimum Gasteiger partial charge on any atom is -0.373 e. The molecule has 2 aliphatic heterocycles. The molecule has 2 saturated heterocycles. The average Bonchev–Trinajstić information content (AvgIpc) is 2.67. The fourth-order valence-electron chi connectivity index (χ4n) is 3.64. The second-order valence-electron chi connectivity index (χ2n) is 7.63. The first-order valence-corrected chi connectivity index (χ1v) is 14.3. The van der Waals surface area contributed by atoms with Gasteiger partial charge in [0.1, 0.15) is 0 Å². The smallest absolute Gasteiger partial charge is 0.282 e. The van der Waals surface area contributed by atoms with E-state index in [0.717, 1.165) is 12.3 Å². The van der Waals surface area contributed by atoms with Crippen LogP contribution in [0.4, 0.5) is 0 Å². The van der Waals surface area contributed by atoms with Gasteiger partial charge in [-0.05, 0) is 32.0 Å². The third kappa shape index (κ3) is 4.87. The van der Waals surface area contributed by atoms with E-state index in [1.165, 1.54) is 31.1 Å². The molecule has 2 aliphatic rings. The molecule has 0 aliphatic carbocycles. The van der Waals surface area contributed by atoms with Crippen molar-refractivity contribution in [3.8, 4) is 0 Å². The van der Waals surface area contributed by atoms with Gasteiger partial charge in [0.05, 0.1) is 22.0 Å². The third-order valence-electron chi connectivity index (χ3n) is 5.11. The number of piperazine rings is 1. The van der Waals surface area contributed by atoms with Crippen molar-refractivity contribution in [2.24, 2.45) is 0 Å². The Hall–Kier alpha value is -1.09. The van der Waals surface area contributed by atoms with Gasteiger partial charge in [-0.25, -0.2) is 16.8 Å². The van der Waals surface area contributed by atoms with Crippen molar-refractivity contribution in [2.45, 2.75) is 35.8 Å². The van der Waals surface area contributed by atoms with Gasteiger partial charge < -0.3 is 4.74 Å². The molecule has 10 nitrogen and oxygen atoms in total. The van der Waals surface area contributed by atoms with Gasteiger partial charge in [-0.15, -0.1) is 0 Å². The number of benzene rings is 1. The predicted octanol–water partition coefficient (Wildman–Crippen LogP) is -0.250. The van der Waals surface area contributed by atoms with Crippen LogP contribution >= 0.6 is 0 Å². The highest BCUT2D eigenvalue weighted by Crippen LogP contribution is 2.23. The molecule has 2 fully saturated rings. The number of sulfone groups is 1. The van der Waals surface area contributed by atoms with Crippen LogP contribution < -0.4 is 0 Å². The molecule has 0 radical (unpaired) electrons. The summed E-state index contributed by atoms with van der Waals surface area (Å²) in [7, 11) is -11.2. The number of nitrogens with zero attached hydrogens (tertiary/aromatic N) is 3. The molecule has 1 aromatic rings. The minimum absolute atomic E-state index is 0.0138. The van der Waals surface area contributed by atoms with E-state index in [1.54, 1.807) is 0 Å². The zero-order valence-corrected chi connectivity index (χ0v) is 19.6. The summed E-state index contributed by atoms with van der Waals surface area (Å²) in [5, 5.41) is 0. The predicted molar refractivity (Wildman–Crippen MR) is 110 cm³/mol. The Labute approximate surface area is 178 Å². The molecule has 0 bridgehead atoms. The standard InChI is InChI=1S/C17H27N3O7S3/c1-14-12-20(13-15(2)27-14)30(25,26)19-9-7-18(8-10-19)29(23,24)17-6-4-5-16(11-17)28(3,21)22/h4-6,11,14-15H,7-10,12-13H2,1-3H3. The normalized spacial score (nSPS) is 26.0. The summed E-state index contributed by atoms with van der Waals surface area (Å²) in [6, 6.07) is 5.18. The second-order valence-corrected chi connectivity index (χ2v) is 13.5. The summed E-state index contributed by atoms with van der Waals surface area (Å²) < 4.78 is 84.8. The quantitative estimate of drug-likeness (QED) is 0.568. The largest absolute Gasteiger partial charge is 0.373 e. The molecule has 1 aromatic carbocycles. The number of hydrogen-bond donors (Lipinski definition) is 0. The fourth-order valence-corrected chi connectivity index (χ4v) is 7.60. The lowest BCUT2D eigenvalue weighted by molar-refractivity contribution is -0.0456. The number of hydrogen-bond acceptors (Lipinski definition) is 7. The lowest BCUT2D eigenvalue weighted by Gasteiger charge is -2.40. The van der Waals surface area contributed by atoms with E-state index in [2.05, 4.69) is 0 Å². The monoisotopic (exact) mass is 481 g/mol. The molecule has 30 heavy (non-hydrogen) atoms. The Balaban J connectivity index is 1.73. The number of rotatable bonds is 5. The molecule has 2 atom stereocenters. The van der Waals surface area contributed by atoms with Crippen molar-refractivity contribution < 1.29 is 30.0 Å². The molecule has 0 aromatic heterocycles. The highest BCUT2D eigenvalue weighted by Gasteiger charge is 2.38. The van der Waals surface area contributed by atoms with Crippen molar-refractivity contribution in [1.29, 1.82) is 0 Å². The van der Waals surface area contributed by atoms with Crippen molar-refractivity contribution in [2.75, 3.05) is 45.5 Å². The van der Waals surface area contributed by atoms with Gasteiger partial charge in [-0.2, -0.15) is 21.3 Å². The molecule has 0 amide bonds. The van der Waals surface area contributed by atoms with Crippen LogP contribution in [-0.4, -0.2) is 95.9 Å². The topological polar surface area (TPSA) is 121 Å². The van der Waals surface area contributed by atoms with Gasteiger partial charge in [0, 0.05) is 45.5 Å². The van der Waals surface area contributed by atoms with Crippen molar-refractivity contribution in [3.05, 3.63) is 24.3 Å². The maximum absolute atomic E-state index is 13.0. The van der Waals surface area contributed by atoms with E-state index in [9.17, 15) is 25.3 Å². The van der Waals surface area contributed by atoms with Crippen molar-refractivity contribution >= 4 is 30.1 Å². The molecule has 170 valence electrons. The first-order valence-electron chi connectivity index (χ1n) is 9.53. The molecular formula is C17H27N3O7S3. The Morgan fingerprint density at radius 1 is 0.800 bits per heavy atom. The first kappa shape index (κ1) is 23.6. The Morgan fingerprint density at radius 2 is 1.30 bits per heavy atom. The van der Waals surface area contributed by atoms with E-state index in [1.807, 2.05) is 13.8 Å². The summed E-state index contributed by atoms with van der Waals surface area (Å²) in [5.74, 6) is 0. The first-order chi connectivity index (χ1) is 13.8. The Morgan fingerprint density at radius 3 is 1.83 bits per heavy atom. The van der Waals surface area contributed by atoms with Crippen LogP contribution in [0.15, 0.2) is 34.1 Å². The summed E-state index contributed by atoms with van der Waals surface area (Å²) >= 11 is 0. The lowest BCUT2D eigenvalue weighted by Crippen LogP contribution is -2.57. The molecular weight excluding hydrogens is 454 g/mol. The SMILES string of the molecule is CC1CN(S(=O)(=O)N2CCN(S(=O)(=O)c3cccc(S(C)(=O)=O)c3)CC2)CC(C)O1. The highest BCUT2D eigenvalue weighted by atomic mass is 32.2. The third-order valence-corrected chi connectivity index (χ3v) is 10.1. The zero-order chi connectivity index (χ0) is 22.3.